The number of carbonyl (C=O) groups excluding carboxylic acids is 1. The Kier molecular flexibility index (Phi) is 6.09. The summed E-state index contributed by atoms with van der Waals surface area (Å²) in [6.07, 6.45) is -4.03. The van der Waals surface area contributed by atoms with Crippen LogP contribution in [0.4, 0.5) is 13.2 Å². The van der Waals surface area contributed by atoms with Gasteiger partial charge < -0.3 is 10.1 Å². The van der Waals surface area contributed by atoms with Gasteiger partial charge in [0.2, 0.25) is 5.91 Å². The molecule has 128 valence electrons. The molecule has 0 heterocycles. The number of para-hydroxylation sites is 1. The predicted molar refractivity (Wildman–Crippen MR) is 84.7 cm³/mol. The molecule has 1 N–H and O–H groups in total. The Bertz CT molecular complexity index is 687. The lowest BCUT2D eigenvalue weighted by Crippen LogP contribution is -2.24. The number of rotatable bonds is 6. The van der Waals surface area contributed by atoms with Crippen LogP contribution in [-0.4, -0.2) is 12.3 Å². The van der Waals surface area contributed by atoms with Gasteiger partial charge in [0.15, 0.2) is 0 Å². The van der Waals surface area contributed by atoms with Gasteiger partial charge >= 0.3 is 6.36 Å². The molecule has 3 nitrogen and oxygen atoms in total. The van der Waals surface area contributed by atoms with Gasteiger partial charge in [-0.15, -0.1) is 13.2 Å². The highest BCUT2D eigenvalue weighted by Crippen LogP contribution is 2.26. The van der Waals surface area contributed by atoms with Crippen molar-refractivity contribution in [3.05, 3.63) is 64.7 Å². The Balaban J connectivity index is 1.86. The number of benzene rings is 2. The second kappa shape index (κ2) is 8.06. The van der Waals surface area contributed by atoms with Crippen molar-refractivity contribution < 1.29 is 22.7 Å². The van der Waals surface area contributed by atoms with Crippen molar-refractivity contribution in [3.63, 3.8) is 0 Å². The number of alkyl halides is 3. The number of amides is 1. The highest BCUT2D eigenvalue weighted by molar-refractivity contribution is 6.30. The number of carbonyl (C=O) groups is 1. The summed E-state index contributed by atoms with van der Waals surface area (Å²) < 4.78 is 41.0. The molecule has 0 fully saturated rings. The van der Waals surface area contributed by atoms with E-state index in [1.54, 1.807) is 18.2 Å². The zero-order chi connectivity index (χ0) is 17.6. The minimum Gasteiger partial charge on any atom is -0.405 e. The van der Waals surface area contributed by atoms with Crippen LogP contribution in [-0.2, 0) is 17.8 Å². The average molecular weight is 358 g/mol. The van der Waals surface area contributed by atoms with Crippen LogP contribution in [0.1, 0.15) is 17.5 Å². The van der Waals surface area contributed by atoms with Crippen molar-refractivity contribution in [1.29, 1.82) is 0 Å². The molecule has 0 aliphatic rings. The van der Waals surface area contributed by atoms with Crippen molar-refractivity contribution in [2.24, 2.45) is 0 Å². The van der Waals surface area contributed by atoms with E-state index in [1.165, 1.54) is 18.2 Å². The smallest absolute Gasteiger partial charge is 0.405 e. The van der Waals surface area contributed by atoms with Crippen molar-refractivity contribution in [1.82, 2.24) is 5.32 Å². The molecule has 2 aromatic carbocycles. The average Bonchev–Trinajstić information content (AvgIpc) is 2.52. The topological polar surface area (TPSA) is 38.3 Å². The van der Waals surface area contributed by atoms with Crippen LogP contribution in [0.25, 0.3) is 0 Å². The quantitative estimate of drug-likeness (QED) is 0.827. The van der Waals surface area contributed by atoms with Gasteiger partial charge in [-0.25, -0.2) is 0 Å². The van der Waals surface area contributed by atoms with Crippen molar-refractivity contribution in [3.8, 4) is 5.75 Å². The van der Waals surface area contributed by atoms with Gasteiger partial charge in [0, 0.05) is 23.6 Å². The van der Waals surface area contributed by atoms with Gasteiger partial charge in [-0.2, -0.15) is 0 Å². The van der Waals surface area contributed by atoms with Gasteiger partial charge in [-0.3, -0.25) is 4.79 Å². The van der Waals surface area contributed by atoms with Crippen LogP contribution in [0.15, 0.2) is 48.5 Å². The van der Waals surface area contributed by atoms with E-state index in [0.717, 1.165) is 5.56 Å². The lowest BCUT2D eigenvalue weighted by molar-refractivity contribution is -0.274. The fourth-order valence-electron chi connectivity index (χ4n) is 2.07. The standard InChI is InChI=1S/C17H15ClF3NO2/c18-14-8-5-12(6-9-14)7-10-16(23)22-11-13-3-1-2-4-15(13)24-17(19,20)21/h1-6,8-9H,7,10-11H2,(H,22,23). The van der Waals surface area contributed by atoms with Crippen molar-refractivity contribution >= 4 is 17.5 Å². The van der Waals surface area contributed by atoms with Gasteiger partial charge in [0.05, 0.1) is 0 Å². The molecule has 0 aliphatic carbocycles. The molecule has 0 aromatic heterocycles. The van der Waals surface area contributed by atoms with E-state index in [2.05, 4.69) is 10.1 Å². The van der Waals surface area contributed by atoms with Crippen molar-refractivity contribution in [2.45, 2.75) is 25.7 Å². The summed E-state index contributed by atoms with van der Waals surface area (Å²) in [7, 11) is 0. The minimum absolute atomic E-state index is 0.0360. The normalized spacial score (nSPS) is 11.2. The molecule has 0 radical (unpaired) electrons. The van der Waals surface area contributed by atoms with Crippen LogP contribution >= 0.6 is 11.6 Å². The summed E-state index contributed by atoms with van der Waals surface area (Å²) >= 11 is 5.78. The summed E-state index contributed by atoms with van der Waals surface area (Å²) in [5, 5.41) is 3.21. The van der Waals surface area contributed by atoms with Crippen LogP contribution in [0.3, 0.4) is 0 Å². The SMILES string of the molecule is O=C(CCc1ccc(Cl)cc1)NCc1ccccc1OC(F)(F)F. The third kappa shape index (κ3) is 6.12. The monoisotopic (exact) mass is 357 g/mol. The van der Waals surface area contributed by atoms with Gasteiger partial charge in [0.25, 0.3) is 0 Å². The third-order valence-corrected chi connectivity index (χ3v) is 3.48. The molecule has 0 aliphatic heterocycles. The third-order valence-electron chi connectivity index (χ3n) is 3.23. The van der Waals surface area contributed by atoms with Gasteiger partial charge in [-0.1, -0.05) is 41.9 Å². The Morgan fingerprint density at radius 1 is 1.08 bits per heavy atom. The molecule has 1 amide bonds. The number of hydrogen-bond donors (Lipinski definition) is 1. The van der Waals surface area contributed by atoms with E-state index in [1.807, 2.05) is 12.1 Å². The Hall–Kier alpha value is -2.21. The summed E-state index contributed by atoms with van der Waals surface area (Å²) in [4.78, 5) is 11.9. The molecular formula is C17H15ClF3NO2. The van der Waals surface area contributed by atoms with Crippen LogP contribution in [0.2, 0.25) is 5.02 Å². The fourth-order valence-corrected chi connectivity index (χ4v) is 2.19. The second-order valence-electron chi connectivity index (χ2n) is 5.06. The molecule has 7 heteroatoms. The fraction of sp³-hybridized carbons (Fsp3) is 0.235. The van der Waals surface area contributed by atoms with Gasteiger partial charge in [0.1, 0.15) is 5.75 Å². The summed E-state index contributed by atoms with van der Waals surface area (Å²) in [5.74, 6) is -0.574. The molecule has 2 rings (SSSR count). The number of ether oxygens (including phenoxy) is 1. The van der Waals surface area contributed by atoms with E-state index in [4.69, 9.17) is 11.6 Å². The molecule has 0 unspecified atom stereocenters. The van der Waals surface area contributed by atoms with Crippen LogP contribution in [0.5, 0.6) is 5.75 Å². The molecule has 0 spiro atoms. The lowest BCUT2D eigenvalue weighted by atomic mass is 10.1. The number of aryl methyl sites for hydroxylation is 1. The maximum Gasteiger partial charge on any atom is 0.573 e. The first-order valence-electron chi connectivity index (χ1n) is 7.18. The Labute approximate surface area is 142 Å². The molecule has 0 atom stereocenters. The molecule has 0 bridgehead atoms. The van der Waals surface area contributed by atoms with Gasteiger partial charge in [-0.05, 0) is 30.2 Å². The highest BCUT2D eigenvalue weighted by atomic mass is 35.5. The Morgan fingerprint density at radius 3 is 2.42 bits per heavy atom. The molecule has 0 saturated heterocycles. The maximum atomic E-state index is 12.3. The minimum atomic E-state index is -4.77. The van der Waals surface area contributed by atoms with E-state index >= 15 is 0 Å². The zero-order valence-electron chi connectivity index (χ0n) is 12.6. The Morgan fingerprint density at radius 2 is 1.75 bits per heavy atom. The first-order valence-corrected chi connectivity index (χ1v) is 7.56. The van der Waals surface area contributed by atoms with E-state index in [0.29, 0.717) is 11.4 Å². The number of halogens is 4. The maximum absolute atomic E-state index is 12.3. The molecular weight excluding hydrogens is 343 g/mol. The van der Waals surface area contributed by atoms with Crippen LogP contribution in [0, 0.1) is 0 Å². The first kappa shape index (κ1) is 18.1. The summed E-state index contributed by atoms with van der Waals surface area (Å²) in [6.45, 7) is -0.0360. The largest absolute Gasteiger partial charge is 0.573 e. The summed E-state index contributed by atoms with van der Waals surface area (Å²) in [6, 6.07) is 12.8. The summed E-state index contributed by atoms with van der Waals surface area (Å²) in [5.41, 5.74) is 1.21. The highest BCUT2D eigenvalue weighted by Gasteiger charge is 2.31. The first-order chi connectivity index (χ1) is 11.3. The number of hydrogen-bond acceptors (Lipinski definition) is 2. The molecule has 24 heavy (non-hydrogen) atoms. The van der Waals surface area contributed by atoms with E-state index < -0.39 is 6.36 Å². The zero-order valence-corrected chi connectivity index (χ0v) is 13.3. The predicted octanol–water partition coefficient (Wildman–Crippen LogP) is 4.49. The molecule has 0 saturated carbocycles. The van der Waals surface area contributed by atoms with E-state index in [9.17, 15) is 18.0 Å². The molecule has 2 aromatic rings. The van der Waals surface area contributed by atoms with E-state index in [-0.39, 0.29) is 30.2 Å². The number of nitrogens with one attached hydrogen (secondary N) is 1. The van der Waals surface area contributed by atoms with Crippen molar-refractivity contribution in [2.75, 3.05) is 0 Å². The second-order valence-corrected chi connectivity index (χ2v) is 5.50. The lowest BCUT2D eigenvalue weighted by Gasteiger charge is -2.13. The van der Waals surface area contributed by atoms with Crippen LogP contribution < -0.4 is 10.1 Å².